The minimum atomic E-state index is -0.352. The van der Waals surface area contributed by atoms with Crippen LogP contribution >= 0.6 is 0 Å². The van der Waals surface area contributed by atoms with Gasteiger partial charge in [-0.15, -0.1) is 5.10 Å². The zero-order valence-electron chi connectivity index (χ0n) is 21.1. The summed E-state index contributed by atoms with van der Waals surface area (Å²) >= 11 is 0. The van der Waals surface area contributed by atoms with Gasteiger partial charge in [-0.2, -0.15) is 0 Å². The van der Waals surface area contributed by atoms with Gasteiger partial charge in [0.1, 0.15) is 6.04 Å². The average molecular weight is 472 g/mol. The van der Waals surface area contributed by atoms with Gasteiger partial charge in [0.15, 0.2) is 5.82 Å². The predicted molar refractivity (Wildman–Crippen MR) is 139 cm³/mol. The Morgan fingerprint density at radius 2 is 1.63 bits per heavy atom. The van der Waals surface area contributed by atoms with E-state index in [0.717, 1.165) is 48.2 Å². The van der Waals surface area contributed by atoms with Gasteiger partial charge in [0.2, 0.25) is 0 Å². The number of fused-ring (bicyclic) bond motifs is 1. The first-order chi connectivity index (χ1) is 16.7. The lowest BCUT2D eigenvalue weighted by Gasteiger charge is -2.40. The number of nitrogens with zero attached hydrogens (tertiary/aromatic N) is 6. The topological polar surface area (TPSA) is 82.9 Å². The second kappa shape index (κ2) is 8.92. The standard InChI is InChI=1S/C27H33N7O/c1-18-11-12-19(2)23-21(18)17-22(26(35)28-23)24(25-29-30-31-34(25)27(3,4)5)33-15-13-32(14-16-33)20-9-7-6-8-10-20/h6-12,17,24H,13-16H2,1-5H3,(H,28,35)/t24-/m1/s1. The van der Waals surface area contributed by atoms with Crippen LogP contribution in [0.25, 0.3) is 10.9 Å². The fourth-order valence-electron chi connectivity index (χ4n) is 5.01. The Kier molecular flexibility index (Phi) is 5.92. The van der Waals surface area contributed by atoms with Gasteiger partial charge < -0.3 is 9.88 Å². The summed E-state index contributed by atoms with van der Waals surface area (Å²) in [4.78, 5) is 21.5. The third-order valence-electron chi connectivity index (χ3n) is 6.94. The largest absolute Gasteiger partial charge is 0.369 e. The molecule has 1 N–H and O–H groups in total. The lowest BCUT2D eigenvalue weighted by molar-refractivity contribution is 0.190. The quantitative estimate of drug-likeness (QED) is 0.488. The molecule has 8 nitrogen and oxygen atoms in total. The summed E-state index contributed by atoms with van der Waals surface area (Å²) in [6.45, 7) is 13.7. The molecule has 1 fully saturated rings. The summed E-state index contributed by atoms with van der Waals surface area (Å²) in [6, 6.07) is 16.3. The van der Waals surface area contributed by atoms with Crippen molar-refractivity contribution >= 4 is 16.6 Å². The van der Waals surface area contributed by atoms with Gasteiger partial charge in [-0.05, 0) is 74.4 Å². The van der Waals surface area contributed by atoms with Crippen LogP contribution in [0.15, 0.2) is 53.3 Å². The van der Waals surface area contributed by atoms with Crippen molar-refractivity contribution in [1.29, 1.82) is 0 Å². The number of para-hydroxylation sites is 1. The van der Waals surface area contributed by atoms with Gasteiger partial charge in [0.05, 0.1) is 11.1 Å². The van der Waals surface area contributed by atoms with Crippen LogP contribution in [0.2, 0.25) is 0 Å². The van der Waals surface area contributed by atoms with E-state index in [0.29, 0.717) is 11.4 Å². The first-order valence-corrected chi connectivity index (χ1v) is 12.2. The maximum atomic E-state index is 13.6. The molecule has 2 aromatic carbocycles. The molecule has 0 bridgehead atoms. The summed E-state index contributed by atoms with van der Waals surface area (Å²) in [5, 5.41) is 13.9. The van der Waals surface area contributed by atoms with Crippen LogP contribution in [0, 0.1) is 13.8 Å². The SMILES string of the molecule is Cc1ccc(C)c2[nH]c(=O)c([C@H](c3nnnn3C(C)(C)C)N3CCN(c4ccccc4)CC3)cc12. The number of aryl methyl sites for hydroxylation is 2. The Labute approximate surface area is 205 Å². The minimum Gasteiger partial charge on any atom is -0.369 e. The number of hydrogen-bond acceptors (Lipinski definition) is 6. The van der Waals surface area contributed by atoms with Gasteiger partial charge in [0, 0.05) is 42.8 Å². The zero-order valence-corrected chi connectivity index (χ0v) is 21.1. The fraction of sp³-hybridized carbons (Fsp3) is 0.407. The highest BCUT2D eigenvalue weighted by Crippen LogP contribution is 2.31. The molecule has 1 atom stereocenters. The monoisotopic (exact) mass is 471 g/mol. The van der Waals surface area contributed by atoms with E-state index >= 15 is 0 Å². The van der Waals surface area contributed by atoms with Gasteiger partial charge >= 0.3 is 0 Å². The van der Waals surface area contributed by atoms with Crippen molar-refractivity contribution in [1.82, 2.24) is 30.1 Å². The second-order valence-electron chi connectivity index (χ2n) is 10.4. The lowest BCUT2D eigenvalue weighted by Crippen LogP contribution is -2.49. The van der Waals surface area contributed by atoms with Gasteiger partial charge in [-0.3, -0.25) is 9.69 Å². The van der Waals surface area contributed by atoms with Crippen LogP contribution in [0.1, 0.15) is 49.3 Å². The van der Waals surface area contributed by atoms with Crippen LogP contribution < -0.4 is 10.5 Å². The first kappa shape index (κ1) is 23.2. The molecule has 4 aromatic rings. The third-order valence-corrected chi connectivity index (χ3v) is 6.94. The van der Waals surface area contributed by atoms with E-state index in [1.54, 1.807) is 0 Å². The van der Waals surface area contributed by atoms with Crippen molar-refractivity contribution in [3.05, 3.63) is 81.4 Å². The molecular formula is C27H33N7O. The number of tetrazole rings is 1. The summed E-state index contributed by atoms with van der Waals surface area (Å²) in [5.74, 6) is 0.695. The van der Waals surface area contributed by atoms with Crippen LogP contribution in [-0.2, 0) is 5.54 Å². The molecule has 0 unspecified atom stereocenters. The third kappa shape index (κ3) is 4.34. The molecule has 5 rings (SSSR count). The van der Waals surface area contributed by atoms with Crippen molar-refractivity contribution in [3.8, 4) is 0 Å². The van der Waals surface area contributed by atoms with Crippen molar-refractivity contribution in [2.24, 2.45) is 0 Å². The minimum absolute atomic E-state index is 0.0925. The summed E-state index contributed by atoms with van der Waals surface area (Å²) in [6.07, 6.45) is 0. The summed E-state index contributed by atoms with van der Waals surface area (Å²) in [7, 11) is 0. The number of benzene rings is 2. The number of anilines is 1. The van der Waals surface area contributed by atoms with Crippen LogP contribution in [0.3, 0.4) is 0 Å². The number of H-pyrrole nitrogens is 1. The molecule has 0 saturated carbocycles. The molecule has 0 radical (unpaired) electrons. The molecule has 8 heteroatoms. The molecule has 0 spiro atoms. The molecule has 1 aliphatic heterocycles. The number of nitrogens with one attached hydrogen (secondary N) is 1. The predicted octanol–water partition coefficient (Wildman–Crippen LogP) is 3.80. The van der Waals surface area contributed by atoms with E-state index in [1.807, 2.05) is 29.8 Å². The Hall–Kier alpha value is -3.52. The molecule has 182 valence electrons. The molecule has 2 aromatic heterocycles. The van der Waals surface area contributed by atoms with Crippen molar-refractivity contribution < 1.29 is 0 Å². The van der Waals surface area contributed by atoms with E-state index in [4.69, 9.17) is 0 Å². The Morgan fingerprint density at radius 3 is 2.31 bits per heavy atom. The number of pyridine rings is 1. The number of rotatable bonds is 4. The van der Waals surface area contributed by atoms with E-state index in [1.165, 1.54) is 5.69 Å². The molecule has 3 heterocycles. The Balaban J connectivity index is 1.60. The summed E-state index contributed by atoms with van der Waals surface area (Å²) in [5.41, 5.74) is 4.57. The highest BCUT2D eigenvalue weighted by molar-refractivity contribution is 5.85. The van der Waals surface area contributed by atoms with E-state index in [9.17, 15) is 4.79 Å². The Morgan fingerprint density at radius 1 is 0.943 bits per heavy atom. The highest BCUT2D eigenvalue weighted by Gasteiger charge is 2.35. The normalized spacial score (nSPS) is 16.1. The molecule has 0 aliphatic carbocycles. The van der Waals surface area contributed by atoms with E-state index in [2.05, 4.69) is 88.3 Å². The molecule has 1 aliphatic rings. The smallest absolute Gasteiger partial charge is 0.253 e. The number of piperazine rings is 1. The second-order valence-corrected chi connectivity index (χ2v) is 10.4. The number of hydrogen-bond donors (Lipinski definition) is 1. The van der Waals surface area contributed by atoms with E-state index in [-0.39, 0.29) is 17.1 Å². The van der Waals surface area contributed by atoms with Crippen molar-refractivity contribution in [3.63, 3.8) is 0 Å². The zero-order chi connectivity index (χ0) is 24.7. The maximum absolute atomic E-state index is 13.6. The molecule has 35 heavy (non-hydrogen) atoms. The first-order valence-electron chi connectivity index (χ1n) is 12.2. The lowest BCUT2D eigenvalue weighted by atomic mass is 9.98. The van der Waals surface area contributed by atoms with E-state index < -0.39 is 0 Å². The summed E-state index contributed by atoms with van der Waals surface area (Å²) < 4.78 is 1.86. The van der Waals surface area contributed by atoms with Crippen LogP contribution in [0.4, 0.5) is 5.69 Å². The van der Waals surface area contributed by atoms with Crippen LogP contribution in [-0.4, -0.2) is 56.3 Å². The molecular weight excluding hydrogens is 438 g/mol. The van der Waals surface area contributed by atoms with Crippen LogP contribution in [0.5, 0.6) is 0 Å². The highest BCUT2D eigenvalue weighted by atomic mass is 16.1. The van der Waals surface area contributed by atoms with Gasteiger partial charge in [-0.1, -0.05) is 30.3 Å². The Bertz CT molecular complexity index is 1390. The number of aromatic nitrogens is 5. The fourth-order valence-corrected chi connectivity index (χ4v) is 5.01. The maximum Gasteiger partial charge on any atom is 0.253 e. The molecule has 0 amide bonds. The van der Waals surface area contributed by atoms with Gasteiger partial charge in [0.25, 0.3) is 5.56 Å². The van der Waals surface area contributed by atoms with Crippen molar-refractivity contribution in [2.75, 3.05) is 31.1 Å². The van der Waals surface area contributed by atoms with Gasteiger partial charge in [-0.25, -0.2) is 4.68 Å². The molecule has 1 saturated heterocycles. The number of aromatic amines is 1. The average Bonchev–Trinajstić information content (AvgIpc) is 3.34. The van der Waals surface area contributed by atoms with Crippen molar-refractivity contribution in [2.45, 2.75) is 46.2 Å².